The lowest BCUT2D eigenvalue weighted by Gasteiger charge is -2.11. The van der Waals surface area contributed by atoms with Gasteiger partial charge in [0.05, 0.1) is 31.7 Å². The average Bonchev–Trinajstić information content (AvgIpc) is 2.75. The monoisotopic (exact) mass is 395 g/mol. The highest BCUT2D eigenvalue weighted by atomic mass is 19.1. The predicted molar refractivity (Wildman–Crippen MR) is 110 cm³/mol. The SMILES string of the molecule is COc1ccc(CCNC(=O)c2cncc(Nc3ccc(F)cc3)c2)cc1OC. The van der Waals surface area contributed by atoms with E-state index in [9.17, 15) is 9.18 Å². The summed E-state index contributed by atoms with van der Waals surface area (Å²) in [6.07, 6.45) is 3.75. The molecule has 1 amide bonds. The molecule has 0 radical (unpaired) electrons. The number of hydrogen-bond donors (Lipinski definition) is 2. The third-order valence-electron chi connectivity index (χ3n) is 4.28. The number of halogens is 1. The van der Waals surface area contributed by atoms with Crippen molar-refractivity contribution in [3.8, 4) is 11.5 Å². The lowest BCUT2D eigenvalue weighted by Crippen LogP contribution is -2.25. The van der Waals surface area contributed by atoms with Gasteiger partial charge in [0.2, 0.25) is 0 Å². The highest BCUT2D eigenvalue weighted by Crippen LogP contribution is 2.27. The average molecular weight is 395 g/mol. The standard InChI is InChI=1S/C22H22FN3O3/c1-28-20-8-3-15(11-21(20)29-2)9-10-25-22(27)16-12-19(14-24-13-16)26-18-6-4-17(23)5-7-18/h3-8,11-14,26H,9-10H2,1-2H3,(H,25,27). The van der Waals surface area contributed by atoms with Gasteiger partial charge in [-0.1, -0.05) is 6.07 Å². The lowest BCUT2D eigenvalue weighted by molar-refractivity contribution is 0.0954. The first-order valence-corrected chi connectivity index (χ1v) is 9.06. The maximum Gasteiger partial charge on any atom is 0.252 e. The second-order valence-electron chi connectivity index (χ2n) is 6.29. The van der Waals surface area contributed by atoms with E-state index in [1.165, 1.54) is 18.3 Å². The van der Waals surface area contributed by atoms with E-state index in [2.05, 4.69) is 15.6 Å². The number of methoxy groups -OCH3 is 2. The molecule has 0 saturated heterocycles. The number of carbonyl (C=O) groups is 1. The van der Waals surface area contributed by atoms with Gasteiger partial charge in [-0.2, -0.15) is 0 Å². The molecule has 2 aromatic carbocycles. The molecule has 6 nitrogen and oxygen atoms in total. The molecule has 29 heavy (non-hydrogen) atoms. The molecule has 0 saturated carbocycles. The first-order chi connectivity index (χ1) is 14.1. The van der Waals surface area contributed by atoms with E-state index in [1.54, 1.807) is 38.6 Å². The van der Waals surface area contributed by atoms with Gasteiger partial charge in [0.15, 0.2) is 11.5 Å². The van der Waals surface area contributed by atoms with Crippen LogP contribution in [0, 0.1) is 5.82 Å². The Bertz CT molecular complexity index is 977. The first-order valence-electron chi connectivity index (χ1n) is 9.06. The van der Waals surface area contributed by atoms with E-state index in [1.807, 2.05) is 18.2 Å². The molecule has 1 heterocycles. The van der Waals surface area contributed by atoms with Gasteiger partial charge in [-0.05, 0) is 54.4 Å². The fourth-order valence-corrected chi connectivity index (χ4v) is 2.79. The maximum absolute atomic E-state index is 13.0. The van der Waals surface area contributed by atoms with Gasteiger partial charge in [0.1, 0.15) is 5.82 Å². The highest BCUT2D eigenvalue weighted by Gasteiger charge is 2.08. The molecule has 0 aliphatic heterocycles. The van der Waals surface area contributed by atoms with Crippen molar-refractivity contribution in [2.45, 2.75) is 6.42 Å². The van der Waals surface area contributed by atoms with Gasteiger partial charge in [-0.25, -0.2) is 4.39 Å². The van der Waals surface area contributed by atoms with Crippen LogP contribution in [0.3, 0.4) is 0 Å². The Kier molecular flexibility index (Phi) is 6.63. The highest BCUT2D eigenvalue weighted by molar-refractivity contribution is 5.94. The van der Waals surface area contributed by atoms with Gasteiger partial charge in [0.25, 0.3) is 5.91 Å². The lowest BCUT2D eigenvalue weighted by atomic mass is 10.1. The van der Waals surface area contributed by atoms with Crippen molar-refractivity contribution in [2.24, 2.45) is 0 Å². The largest absolute Gasteiger partial charge is 0.493 e. The number of hydrogen-bond acceptors (Lipinski definition) is 5. The normalized spacial score (nSPS) is 10.3. The van der Waals surface area contributed by atoms with Crippen molar-refractivity contribution in [2.75, 3.05) is 26.1 Å². The van der Waals surface area contributed by atoms with Crippen molar-refractivity contribution in [3.05, 3.63) is 77.9 Å². The molecule has 3 rings (SSSR count). The predicted octanol–water partition coefficient (Wildman–Crippen LogP) is 3.95. The second-order valence-corrected chi connectivity index (χ2v) is 6.29. The zero-order valence-electron chi connectivity index (χ0n) is 16.2. The molecule has 1 aromatic heterocycles. The second kappa shape index (κ2) is 9.54. The molecular formula is C22H22FN3O3. The zero-order valence-corrected chi connectivity index (χ0v) is 16.2. The summed E-state index contributed by atoms with van der Waals surface area (Å²) >= 11 is 0. The molecule has 7 heteroatoms. The van der Waals surface area contributed by atoms with Crippen LogP contribution in [-0.2, 0) is 6.42 Å². The summed E-state index contributed by atoms with van der Waals surface area (Å²) in [4.78, 5) is 16.5. The van der Waals surface area contributed by atoms with Crippen LogP contribution in [0.2, 0.25) is 0 Å². The quantitative estimate of drug-likeness (QED) is 0.604. The molecule has 0 atom stereocenters. The number of benzene rings is 2. The molecule has 0 fully saturated rings. The minimum Gasteiger partial charge on any atom is -0.493 e. The van der Waals surface area contributed by atoms with E-state index in [-0.39, 0.29) is 11.7 Å². The number of amides is 1. The van der Waals surface area contributed by atoms with Crippen LogP contribution in [0.4, 0.5) is 15.8 Å². The molecule has 0 aliphatic rings. The number of rotatable bonds is 8. The molecule has 150 valence electrons. The molecule has 0 bridgehead atoms. The summed E-state index contributed by atoms with van der Waals surface area (Å²) in [6.45, 7) is 0.462. The first kappa shape index (κ1) is 20.1. The Hall–Kier alpha value is -3.61. The fraction of sp³-hybridized carbons (Fsp3) is 0.182. The van der Waals surface area contributed by atoms with Crippen LogP contribution in [-0.4, -0.2) is 31.7 Å². The zero-order chi connectivity index (χ0) is 20.6. The fourth-order valence-electron chi connectivity index (χ4n) is 2.79. The van der Waals surface area contributed by atoms with E-state index in [0.29, 0.717) is 41.4 Å². The van der Waals surface area contributed by atoms with Crippen LogP contribution in [0.15, 0.2) is 60.9 Å². The number of pyridine rings is 1. The van der Waals surface area contributed by atoms with Gasteiger partial charge in [-0.15, -0.1) is 0 Å². The summed E-state index contributed by atoms with van der Waals surface area (Å²) in [5, 5.41) is 5.98. The number of aromatic nitrogens is 1. The number of nitrogens with zero attached hydrogens (tertiary/aromatic N) is 1. The Morgan fingerprint density at radius 1 is 0.966 bits per heavy atom. The number of anilines is 2. The van der Waals surface area contributed by atoms with Gasteiger partial charge < -0.3 is 20.1 Å². The van der Waals surface area contributed by atoms with E-state index in [4.69, 9.17) is 9.47 Å². The van der Waals surface area contributed by atoms with Crippen LogP contribution in [0.25, 0.3) is 0 Å². The Morgan fingerprint density at radius 3 is 2.45 bits per heavy atom. The minimum absolute atomic E-state index is 0.222. The van der Waals surface area contributed by atoms with Gasteiger partial charge in [-0.3, -0.25) is 9.78 Å². The molecule has 2 N–H and O–H groups in total. The minimum atomic E-state index is -0.309. The summed E-state index contributed by atoms with van der Waals surface area (Å²) < 4.78 is 23.5. The number of carbonyl (C=O) groups excluding carboxylic acids is 1. The van der Waals surface area contributed by atoms with Crippen LogP contribution in [0.5, 0.6) is 11.5 Å². The van der Waals surface area contributed by atoms with Crippen molar-refractivity contribution in [1.29, 1.82) is 0 Å². The van der Waals surface area contributed by atoms with Crippen LogP contribution >= 0.6 is 0 Å². The molecule has 0 unspecified atom stereocenters. The van der Waals surface area contributed by atoms with Crippen molar-refractivity contribution < 1.29 is 18.7 Å². The van der Waals surface area contributed by atoms with Crippen LogP contribution < -0.4 is 20.1 Å². The van der Waals surface area contributed by atoms with E-state index in [0.717, 1.165) is 5.56 Å². The summed E-state index contributed by atoms with van der Waals surface area (Å²) in [5.41, 5.74) is 2.81. The third-order valence-corrected chi connectivity index (χ3v) is 4.28. The maximum atomic E-state index is 13.0. The molecule has 3 aromatic rings. The Labute approximate surface area is 168 Å². The summed E-state index contributed by atoms with van der Waals surface area (Å²) in [6, 6.07) is 13.3. The Balaban J connectivity index is 1.57. The van der Waals surface area contributed by atoms with Gasteiger partial charge >= 0.3 is 0 Å². The van der Waals surface area contributed by atoms with Crippen molar-refractivity contribution in [1.82, 2.24) is 10.3 Å². The van der Waals surface area contributed by atoms with E-state index >= 15 is 0 Å². The van der Waals surface area contributed by atoms with Gasteiger partial charge in [0, 0.05) is 18.4 Å². The molecule has 0 aliphatic carbocycles. The number of nitrogens with one attached hydrogen (secondary N) is 2. The van der Waals surface area contributed by atoms with E-state index < -0.39 is 0 Å². The topological polar surface area (TPSA) is 72.5 Å². The smallest absolute Gasteiger partial charge is 0.252 e. The van der Waals surface area contributed by atoms with Crippen molar-refractivity contribution in [3.63, 3.8) is 0 Å². The summed E-state index contributed by atoms with van der Waals surface area (Å²) in [7, 11) is 3.17. The molecule has 0 spiro atoms. The van der Waals surface area contributed by atoms with Crippen molar-refractivity contribution >= 4 is 17.3 Å². The summed E-state index contributed by atoms with van der Waals surface area (Å²) in [5.74, 6) is 0.786. The molecular weight excluding hydrogens is 373 g/mol. The Morgan fingerprint density at radius 2 is 1.72 bits per heavy atom. The number of ether oxygens (including phenoxy) is 2. The third kappa shape index (κ3) is 5.44. The van der Waals surface area contributed by atoms with Crippen LogP contribution in [0.1, 0.15) is 15.9 Å².